The summed E-state index contributed by atoms with van der Waals surface area (Å²) >= 11 is 0. The molecule has 0 saturated heterocycles. The molecule has 0 N–H and O–H groups in total. The van der Waals surface area contributed by atoms with Crippen molar-refractivity contribution in [3.05, 3.63) is 29.1 Å². The van der Waals surface area contributed by atoms with Gasteiger partial charge < -0.3 is 4.74 Å². The summed E-state index contributed by atoms with van der Waals surface area (Å²) in [6, 6.07) is 0. The number of aromatic nitrogens is 4. The van der Waals surface area contributed by atoms with Gasteiger partial charge in [-0.1, -0.05) is 12.8 Å². The Morgan fingerprint density at radius 3 is 2.85 bits per heavy atom. The lowest BCUT2D eigenvalue weighted by molar-refractivity contribution is 0.0548. The largest absolute Gasteiger partial charge is 0.378 e. The van der Waals surface area contributed by atoms with E-state index in [1.54, 1.807) is 4.57 Å². The van der Waals surface area contributed by atoms with Crippen LogP contribution in [0.2, 0.25) is 0 Å². The monoisotopic (exact) mass is 274 g/mol. The molecule has 3 rings (SSSR count). The molecule has 0 radical (unpaired) electrons. The number of aryl methyl sites for hydroxylation is 1. The van der Waals surface area contributed by atoms with Crippen molar-refractivity contribution in [2.45, 2.75) is 44.8 Å². The van der Waals surface area contributed by atoms with Crippen LogP contribution in [-0.2, 0) is 11.3 Å². The predicted molar refractivity (Wildman–Crippen MR) is 74.4 cm³/mol. The van der Waals surface area contributed by atoms with Gasteiger partial charge in [0, 0.05) is 25.5 Å². The lowest BCUT2D eigenvalue weighted by Crippen LogP contribution is -2.22. The maximum atomic E-state index is 12.2. The van der Waals surface area contributed by atoms with E-state index >= 15 is 0 Å². The number of nitrogens with zero attached hydrogens (tertiary/aromatic N) is 4. The molecule has 0 atom stereocenters. The highest BCUT2D eigenvalue weighted by atomic mass is 16.5. The highest BCUT2D eigenvalue weighted by Crippen LogP contribution is 2.20. The van der Waals surface area contributed by atoms with E-state index in [0.717, 1.165) is 6.42 Å². The molecule has 106 valence electrons. The first-order chi connectivity index (χ1) is 9.84. The number of fused-ring (bicyclic) bond motifs is 1. The quantitative estimate of drug-likeness (QED) is 0.773. The Morgan fingerprint density at radius 2 is 2.00 bits per heavy atom. The molecular formula is C14H18N4O2. The van der Waals surface area contributed by atoms with Gasteiger partial charge in [0.1, 0.15) is 6.33 Å². The molecule has 20 heavy (non-hydrogen) atoms. The minimum atomic E-state index is -0.135. The van der Waals surface area contributed by atoms with Crippen LogP contribution < -0.4 is 5.56 Å². The van der Waals surface area contributed by atoms with Crippen molar-refractivity contribution in [2.24, 2.45) is 0 Å². The molecule has 1 aliphatic rings. The fourth-order valence-electron chi connectivity index (χ4n) is 2.59. The Balaban J connectivity index is 1.60. The first-order valence-electron chi connectivity index (χ1n) is 7.12. The maximum Gasteiger partial charge on any atom is 0.281 e. The smallest absolute Gasteiger partial charge is 0.281 e. The molecule has 0 spiro atoms. The number of hydrogen-bond donors (Lipinski definition) is 0. The Labute approximate surface area is 116 Å². The Hall–Kier alpha value is -1.82. The molecule has 0 bridgehead atoms. The van der Waals surface area contributed by atoms with Crippen molar-refractivity contribution in [2.75, 3.05) is 6.61 Å². The second kappa shape index (κ2) is 6.09. The van der Waals surface area contributed by atoms with E-state index in [9.17, 15) is 4.79 Å². The molecule has 6 heteroatoms. The minimum Gasteiger partial charge on any atom is -0.378 e. The van der Waals surface area contributed by atoms with E-state index in [4.69, 9.17) is 4.74 Å². The van der Waals surface area contributed by atoms with Crippen molar-refractivity contribution >= 4 is 11.2 Å². The van der Waals surface area contributed by atoms with Crippen molar-refractivity contribution in [3.8, 4) is 0 Å². The van der Waals surface area contributed by atoms with Crippen molar-refractivity contribution in [1.82, 2.24) is 19.5 Å². The van der Waals surface area contributed by atoms with E-state index in [0.29, 0.717) is 30.4 Å². The molecule has 1 fully saturated rings. The fourth-order valence-corrected chi connectivity index (χ4v) is 2.59. The third-order valence-electron chi connectivity index (χ3n) is 3.66. The second-order valence-corrected chi connectivity index (χ2v) is 5.10. The SMILES string of the molecule is O=c1c2nccnc2ncn1CCCOC1CCCC1. The van der Waals surface area contributed by atoms with Gasteiger partial charge in [-0.3, -0.25) is 9.36 Å². The molecule has 2 aromatic rings. The van der Waals surface area contributed by atoms with Gasteiger partial charge in [-0.15, -0.1) is 0 Å². The standard InChI is InChI=1S/C14H18N4O2/c19-14-12-13(16-7-6-15-12)17-10-18(14)8-3-9-20-11-4-1-2-5-11/h6-7,10-11H,1-5,8-9H2. The summed E-state index contributed by atoms with van der Waals surface area (Å²) in [6.07, 6.45) is 10.7. The Bertz CT molecular complexity index is 634. The van der Waals surface area contributed by atoms with Gasteiger partial charge in [0.25, 0.3) is 5.56 Å². The van der Waals surface area contributed by atoms with E-state index in [2.05, 4.69) is 15.0 Å². The van der Waals surface area contributed by atoms with Crippen molar-refractivity contribution < 1.29 is 4.74 Å². The topological polar surface area (TPSA) is 69.9 Å². The van der Waals surface area contributed by atoms with Gasteiger partial charge in [-0.05, 0) is 19.3 Å². The van der Waals surface area contributed by atoms with E-state index in [1.165, 1.54) is 44.4 Å². The molecule has 0 unspecified atom stereocenters. The van der Waals surface area contributed by atoms with Crippen LogP contribution >= 0.6 is 0 Å². The summed E-state index contributed by atoms with van der Waals surface area (Å²) in [7, 11) is 0. The van der Waals surface area contributed by atoms with Crippen LogP contribution in [0.1, 0.15) is 32.1 Å². The summed E-state index contributed by atoms with van der Waals surface area (Å²) in [5.74, 6) is 0. The second-order valence-electron chi connectivity index (χ2n) is 5.10. The zero-order valence-electron chi connectivity index (χ0n) is 11.4. The van der Waals surface area contributed by atoms with Crippen LogP contribution in [0.5, 0.6) is 0 Å². The average molecular weight is 274 g/mol. The van der Waals surface area contributed by atoms with Crippen LogP contribution in [0.15, 0.2) is 23.5 Å². The number of hydrogen-bond acceptors (Lipinski definition) is 5. The highest BCUT2D eigenvalue weighted by molar-refractivity contribution is 5.66. The summed E-state index contributed by atoms with van der Waals surface area (Å²) in [5, 5.41) is 0. The summed E-state index contributed by atoms with van der Waals surface area (Å²) in [4.78, 5) is 24.4. The molecule has 1 aliphatic carbocycles. The zero-order valence-corrected chi connectivity index (χ0v) is 11.4. The first kappa shape index (κ1) is 13.2. The van der Waals surface area contributed by atoms with E-state index in [-0.39, 0.29) is 5.56 Å². The Morgan fingerprint density at radius 1 is 1.20 bits per heavy atom. The van der Waals surface area contributed by atoms with Crippen LogP contribution in [0.3, 0.4) is 0 Å². The average Bonchev–Trinajstić information content (AvgIpc) is 2.99. The highest BCUT2D eigenvalue weighted by Gasteiger charge is 2.14. The summed E-state index contributed by atoms with van der Waals surface area (Å²) < 4.78 is 7.37. The molecule has 0 aromatic carbocycles. The van der Waals surface area contributed by atoms with Gasteiger partial charge in [-0.2, -0.15) is 0 Å². The third kappa shape index (κ3) is 2.85. The van der Waals surface area contributed by atoms with Crippen LogP contribution in [-0.4, -0.2) is 32.2 Å². The summed E-state index contributed by atoms with van der Waals surface area (Å²) in [5.41, 5.74) is 0.589. The van der Waals surface area contributed by atoms with Gasteiger partial charge in [0.05, 0.1) is 6.10 Å². The predicted octanol–water partition coefficient (Wildman–Crippen LogP) is 1.54. The minimum absolute atomic E-state index is 0.135. The van der Waals surface area contributed by atoms with Gasteiger partial charge in [-0.25, -0.2) is 15.0 Å². The van der Waals surface area contributed by atoms with E-state index in [1.807, 2.05) is 0 Å². The molecular weight excluding hydrogens is 256 g/mol. The first-order valence-corrected chi connectivity index (χ1v) is 7.12. The van der Waals surface area contributed by atoms with Crippen LogP contribution in [0.4, 0.5) is 0 Å². The fraction of sp³-hybridized carbons (Fsp3) is 0.571. The van der Waals surface area contributed by atoms with Gasteiger partial charge in [0.2, 0.25) is 0 Å². The van der Waals surface area contributed by atoms with Crippen molar-refractivity contribution in [3.63, 3.8) is 0 Å². The maximum absolute atomic E-state index is 12.2. The van der Waals surface area contributed by atoms with E-state index < -0.39 is 0 Å². The normalized spacial score (nSPS) is 16.0. The van der Waals surface area contributed by atoms with Gasteiger partial charge >= 0.3 is 0 Å². The lowest BCUT2D eigenvalue weighted by atomic mass is 10.3. The van der Waals surface area contributed by atoms with Crippen LogP contribution in [0.25, 0.3) is 11.2 Å². The molecule has 2 aromatic heterocycles. The van der Waals surface area contributed by atoms with Crippen LogP contribution in [0, 0.1) is 0 Å². The van der Waals surface area contributed by atoms with Gasteiger partial charge in [0.15, 0.2) is 11.2 Å². The zero-order chi connectivity index (χ0) is 13.8. The summed E-state index contributed by atoms with van der Waals surface area (Å²) in [6.45, 7) is 1.29. The molecule has 6 nitrogen and oxygen atoms in total. The lowest BCUT2D eigenvalue weighted by Gasteiger charge is -2.11. The molecule has 0 aliphatic heterocycles. The third-order valence-corrected chi connectivity index (χ3v) is 3.66. The number of ether oxygens (including phenoxy) is 1. The Kier molecular flexibility index (Phi) is 4.01. The molecule has 0 amide bonds. The molecule has 1 saturated carbocycles. The molecule has 2 heterocycles. The number of rotatable bonds is 5. The van der Waals surface area contributed by atoms with Crippen molar-refractivity contribution in [1.29, 1.82) is 0 Å².